The second kappa shape index (κ2) is 9.51. The first-order chi connectivity index (χ1) is 12.6. The summed E-state index contributed by atoms with van der Waals surface area (Å²) in [5, 5.41) is 24.7. The molecular weight excluding hydrogens is 368 g/mol. The summed E-state index contributed by atoms with van der Waals surface area (Å²) in [4.78, 5) is 21.4. The summed E-state index contributed by atoms with van der Waals surface area (Å²) in [6, 6.07) is 25.0. The van der Waals surface area contributed by atoms with Gasteiger partial charge in [-0.05, 0) is 21.5 Å². The third-order valence-corrected chi connectivity index (χ3v) is 4.02. The van der Waals surface area contributed by atoms with Gasteiger partial charge in [-0.2, -0.15) is 0 Å². The summed E-state index contributed by atoms with van der Waals surface area (Å²) < 4.78 is 0. The van der Waals surface area contributed by atoms with Crippen LogP contribution in [0, 0.1) is 0 Å². The van der Waals surface area contributed by atoms with Crippen LogP contribution in [0.4, 0.5) is 0 Å². The number of rotatable bonds is 2. The zero-order chi connectivity index (χ0) is 18.5. The minimum Gasteiger partial charge on any atom is -0.545 e. The van der Waals surface area contributed by atoms with Gasteiger partial charge in [0.2, 0.25) is 0 Å². The summed E-state index contributed by atoms with van der Waals surface area (Å²) >= 11 is 0. The molecule has 0 aromatic heterocycles. The molecule has 0 fully saturated rings. The first-order valence-electron chi connectivity index (χ1n) is 7.96. The van der Waals surface area contributed by atoms with Crippen LogP contribution in [0.25, 0.3) is 21.5 Å². The summed E-state index contributed by atoms with van der Waals surface area (Å²) in [6.07, 6.45) is 0. The normalized spacial score (nSPS) is 9.78. The van der Waals surface area contributed by atoms with Crippen molar-refractivity contribution in [3.63, 3.8) is 0 Å². The third-order valence-electron chi connectivity index (χ3n) is 4.02. The van der Waals surface area contributed by atoms with Gasteiger partial charge in [-0.25, -0.2) is 0 Å². The third kappa shape index (κ3) is 4.86. The summed E-state index contributed by atoms with van der Waals surface area (Å²) in [5.41, 5.74) is 0.496. The number of benzene rings is 4. The Labute approximate surface area is 186 Å². The Balaban J connectivity index is 0.000000187. The van der Waals surface area contributed by atoms with Crippen molar-refractivity contribution in [1.82, 2.24) is 0 Å². The fourth-order valence-corrected chi connectivity index (χ4v) is 2.81. The molecule has 4 aromatic rings. The number of carboxylic acids is 2. The van der Waals surface area contributed by atoms with Gasteiger partial charge in [0.25, 0.3) is 0 Å². The molecule has 0 aliphatic rings. The summed E-state index contributed by atoms with van der Waals surface area (Å²) in [6.45, 7) is 0. The summed E-state index contributed by atoms with van der Waals surface area (Å²) in [7, 11) is 0. The Hall–Kier alpha value is -2.40. The van der Waals surface area contributed by atoms with E-state index in [4.69, 9.17) is 0 Å². The largest absolute Gasteiger partial charge is 2.00 e. The molecule has 27 heavy (non-hydrogen) atoms. The predicted molar refractivity (Wildman–Crippen MR) is 102 cm³/mol. The van der Waals surface area contributed by atoms with E-state index in [1.807, 2.05) is 48.5 Å². The van der Waals surface area contributed by atoms with E-state index < -0.39 is 11.9 Å². The minimum atomic E-state index is -1.13. The molecular formula is C22H14CaO4. The molecule has 4 nitrogen and oxygen atoms in total. The molecule has 0 aliphatic carbocycles. The maximum absolute atomic E-state index is 10.7. The van der Waals surface area contributed by atoms with Crippen LogP contribution in [0.3, 0.4) is 0 Å². The molecule has 0 spiro atoms. The van der Waals surface area contributed by atoms with Gasteiger partial charge in [0.15, 0.2) is 0 Å². The number of carbonyl (C=O) groups is 2. The maximum Gasteiger partial charge on any atom is 2.00 e. The van der Waals surface area contributed by atoms with Crippen LogP contribution in [-0.2, 0) is 0 Å². The molecule has 0 aliphatic heterocycles. The van der Waals surface area contributed by atoms with E-state index in [0.29, 0.717) is 0 Å². The quantitative estimate of drug-likeness (QED) is 0.497. The van der Waals surface area contributed by atoms with Gasteiger partial charge in [-0.15, -0.1) is 0 Å². The van der Waals surface area contributed by atoms with Gasteiger partial charge in [-0.1, -0.05) is 84.9 Å². The van der Waals surface area contributed by atoms with Gasteiger partial charge in [0, 0.05) is 11.1 Å². The number of carbonyl (C=O) groups excluding carboxylic acids is 2. The van der Waals surface area contributed by atoms with Crippen molar-refractivity contribution < 1.29 is 19.8 Å². The van der Waals surface area contributed by atoms with Crippen LogP contribution in [0.1, 0.15) is 20.7 Å². The Bertz CT molecular complexity index is 1010. The number of hydrogen-bond donors (Lipinski definition) is 0. The van der Waals surface area contributed by atoms with Crippen molar-refractivity contribution in [1.29, 1.82) is 0 Å². The van der Waals surface area contributed by atoms with Crippen molar-refractivity contribution >= 4 is 71.2 Å². The van der Waals surface area contributed by atoms with Crippen molar-refractivity contribution in [3.8, 4) is 0 Å². The van der Waals surface area contributed by atoms with Crippen molar-refractivity contribution in [2.75, 3.05) is 0 Å². The molecule has 0 atom stereocenters. The maximum atomic E-state index is 10.7. The van der Waals surface area contributed by atoms with E-state index >= 15 is 0 Å². The SMILES string of the molecule is O=C([O-])c1cccc2ccccc12.O=C([O-])c1cccc2ccccc12.[Ca+2]. The molecule has 128 valence electrons. The first-order valence-corrected chi connectivity index (χ1v) is 7.96. The van der Waals surface area contributed by atoms with Crippen molar-refractivity contribution in [3.05, 3.63) is 96.1 Å². The van der Waals surface area contributed by atoms with E-state index in [9.17, 15) is 19.8 Å². The zero-order valence-corrected chi connectivity index (χ0v) is 16.6. The summed E-state index contributed by atoms with van der Waals surface area (Å²) in [5.74, 6) is -2.26. The smallest absolute Gasteiger partial charge is 0.545 e. The second-order valence-electron chi connectivity index (χ2n) is 5.63. The number of carboxylic acid groups (broad SMARTS) is 2. The molecule has 4 rings (SSSR count). The van der Waals surface area contributed by atoms with Gasteiger partial charge >= 0.3 is 37.7 Å². The van der Waals surface area contributed by atoms with Gasteiger partial charge in [-0.3, -0.25) is 0 Å². The molecule has 0 saturated carbocycles. The predicted octanol–water partition coefficient (Wildman–Crippen LogP) is 2.03. The minimum absolute atomic E-state index is 0. The molecule has 5 heteroatoms. The van der Waals surface area contributed by atoms with E-state index in [0.717, 1.165) is 21.5 Å². The van der Waals surface area contributed by atoms with E-state index in [-0.39, 0.29) is 48.9 Å². The van der Waals surface area contributed by atoms with Crippen LogP contribution >= 0.6 is 0 Å². The van der Waals surface area contributed by atoms with Crippen LogP contribution < -0.4 is 10.2 Å². The average molecular weight is 382 g/mol. The van der Waals surface area contributed by atoms with Crippen LogP contribution in [-0.4, -0.2) is 49.7 Å². The number of hydrogen-bond acceptors (Lipinski definition) is 4. The van der Waals surface area contributed by atoms with Gasteiger partial charge in [0.1, 0.15) is 0 Å². The Kier molecular flexibility index (Phi) is 7.36. The molecule has 0 amide bonds. The molecule has 0 heterocycles. The fraction of sp³-hybridized carbons (Fsp3) is 0. The van der Waals surface area contributed by atoms with Crippen LogP contribution in [0.5, 0.6) is 0 Å². The molecule has 0 radical (unpaired) electrons. The van der Waals surface area contributed by atoms with Crippen molar-refractivity contribution in [2.45, 2.75) is 0 Å². The van der Waals surface area contributed by atoms with E-state index in [1.165, 1.54) is 0 Å². The van der Waals surface area contributed by atoms with Gasteiger partial charge in [0.05, 0.1) is 11.9 Å². The average Bonchev–Trinajstić information content (AvgIpc) is 2.67. The molecule has 0 saturated heterocycles. The second-order valence-corrected chi connectivity index (χ2v) is 5.63. The zero-order valence-electron chi connectivity index (χ0n) is 14.4. The molecule has 0 unspecified atom stereocenters. The Morgan fingerprint density at radius 2 is 0.852 bits per heavy atom. The van der Waals surface area contributed by atoms with Gasteiger partial charge < -0.3 is 19.8 Å². The monoisotopic (exact) mass is 382 g/mol. The first kappa shape index (κ1) is 20.9. The number of fused-ring (bicyclic) bond motifs is 2. The van der Waals surface area contributed by atoms with E-state index in [2.05, 4.69) is 0 Å². The topological polar surface area (TPSA) is 80.3 Å². The van der Waals surface area contributed by atoms with Crippen molar-refractivity contribution in [2.24, 2.45) is 0 Å². The van der Waals surface area contributed by atoms with Crippen LogP contribution in [0.15, 0.2) is 84.9 Å². The molecule has 0 N–H and O–H groups in total. The standard InChI is InChI=1S/2C11H8O2.Ca/c2*12-11(13)10-7-3-5-8-4-1-2-6-9(8)10;/h2*1-7H,(H,12,13);/q;;+2/p-2. The van der Waals surface area contributed by atoms with Crippen LogP contribution in [0.2, 0.25) is 0 Å². The Morgan fingerprint density at radius 3 is 1.22 bits per heavy atom. The number of aromatic carboxylic acids is 2. The molecule has 4 aromatic carbocycles. The van der Waals surface area contributed by atoms with E-state index in [1.54, 1.807) is 36.4 Å². The fourth-order valence-electron chi connectivity index (χ4n) is 2.81. The Morgan fingerprint density at radius 1 is 0.519 bits per heavy atom. The molecule has 0 bridgehead atoms.